The highest BCUT2D eigenvalue weighted by Gasteiger charge is 2.41. The molecule has 0 saturated carbocycles. The van der Waals surface area contributed by atoms with E-state index in [0.29, 0.717) is 24.6 Å². The normalized spacial score (nSPS) is 12.0. The third-order valence-corrected chi connectivity index (χ3v) is 4.35. The third-order valence-electron chi connectivity index (χ3n) is 4.35. The molecular weight excluding hydrogens is 456 g/mol. The number of benzene rings is 2. The Morgan fingerprint density at radius 2 is 1.73 bits per heavy atom. The average Bonchev–Trinajstić information content (AvgIpc) is 3.20. The van der Waals surface area contributed by atoms with Crippen LogP contribution in [0, 0.1) is 0 Å². The average molecular weight is 473 g/mol. The van der Waals surface area contributed by atoms with Gasteiger partial charge < -0.3 is 14.8 Å². The Balaban J connectivity index is 1.93. The number of nitrogens with one attached hydrogen (secondary N) is 1. The molecule has 0 bridgehead atoms. The van der Waals surface area contributed by atoms with Crippen LogP contribution in [0.3, 0.4) is 0 Å². The van der Waals surface area contributed by atoms with Gasteiger partial charge in [-0.1, -0.05) is 12.1 Å². The Hall–Kier alpha value is -3.54. The van der Waals surface area contributed by atoms with E-state index < -0.39 is 40.8 Å². The van der Waals surface area contributed by atoms with Gasteiger partial charge in [0.05, 0.1) is 29.6 Å². The van der Waals surface area contributed by atoms with Crippen LogP contribution in [0.1, 0.15) is 21.6 Å². The molecule has 1 amide bonds. The summed E-state index contributed by atoms with van der Waals surface area (Å²) in [7, 11) is 1.48. The Labute approximate surface area is 183 Å². The van der Waals surface area contributed by atoms with Crippen molar-refractivity contribution in [2.75, 3.05) is 25.6 Å². The summed E-state index contributed by atoms with van der Waals surface area (Å²) in [5, 5.41) is 5.85. The number of ether oxygens (including phenoxy) is 2. The van der Waals surface area contributed by atoms with E-state index in [-0.39, 0.29) is 17.0 Å². The number of amides is 1. The van der Waals surface area contributed by atoms with Crippen molar-refractivity contribution in [1.82, 2.24) is 9.78 Å². The summed E-state index contributed by atoms with van der Waals surface area (Å²) in [6.45, 7) is 0.524. The summed E-state index contributed by atoms with van der Waals surface area (Å²) in [4.78, 5) is 12.6. The van der Waals surface area contributed by atoms with E-state index in [1.165, 1.54) is 25.3 Å². The van der Waals surface area contributed by atoms with E-state index >= 15 is 0 Å². The second-order valence-electron chi connectivity index (χ2n) is 6.69. The second-order valence-corrected chi connectivity index (χ2v) is 6.69. The second kappa shape index (κ2) is 9.53. The highest BCUT2D eigenvalue weighted by atomic mass is 19.4. The largest absolute Gasteiger partial charge is 0.491 e. The maximum atomic E-state index is 13.8. The number of nitrogens with zero attached hydrogens (tertiary/aromatic N) is 2. The predicted molar refractivity (Wildman–Crippen MR) is 105 cm³/mol. The summed E-state index contributed by atoms with van der Waals surface area (Å²) >= 11 is 0. The molecule has 33 heavy (non-hydrogen) atoms. The van der Waals surface area contributed by atoms with Crippen LogP contribution in [0.2, 0.25) is 0 Å². The molecule has 0 radical (unpaired) electrons. The first kappa shape index (κ1) is 24.1. The number of halogens is 6. The number of aromatic nitrogens is 2. The van der Waals surface area contributed by atoms with E-state index in [1.807, 2.05) is 0 Å². The quantitative estimate of drug-likeness (QED) is 0.379. The van der Waals surface area contributed by atoms with E-state index in [9.17, 15) is 31.1 Å². The molecule has 0 unspecified atom stereocenters. The zero-order valence-electron chi connectivity index (χ0n) is 17.0. The minimum Gasteiger partial charge on any atom is -0.491 e. The number of alkyl halides is 6. The van der Waals surface area contributed by atoms with Crippen LogP contribution in [0.5, 0.6) is 5.75 Å². The molecule has 0 aliphatic rings. The van der Waals surface area contributed by atoms with E-state index in [4.69, 9.17) is 9.47 Å². The third kappa shape index (κ3) is 5.83. The zero-order chi connectivity index (χ0) is 24.2. The topological polar surface area (TPSA) is 65.4 Å². The first-order valence-corrected chi connectivity index (χ1v) is 9.36. The molecule has 0 atom stereocenters. The van der Waals surface area contributed by atoms with Crippen molar-refractivity contribution in [2.24, 2.45) is 0 Å². The van der Waals surface area contributed by atoms with Crippen LogP contribution in [-0.2, 0) is 17.1 Å². The van der Waals surface area contributed by atoms with Crippen molar-refractivity contribution < 1.29 is 40.6 Å². The fraction of sp³-hybridized carbons (Fsp3) is 0.238. The summed E-state index contributed by atoms with van der Waals surface area (Å²) in [5.41, 5.74) is -3.86. The summed E-state index contributed by atoms with van der Waals surface area (Å²) in [5.74, 6) is -0.796. The van der Waals surface area contributed by atoms with E-state index in [0.717, 1.165) is 18.2 Å². The Morgan fingerprint density at radius 3 is 2.39 bits per heavy atom. The molecule has 3 aromatic rings. The first-order chi connectivity index (χ1) is 15.5. The summed E-state index contributed by atoms with van der Waals surface area (Å²) in [6, 6.07) is 9.16. The smallest absolute Gasteiger partial charge is 0.434 e. The predicted octanol–water partition coefficient (Wildman–Crippen LogP) is 5.19. The molecule has 12 heteroatoms. The van der Waals surface area contributed by atoms with Gasteiger partial charge in [0, 0.05) is 18.9 Å². The Kier molecular flexibility index (Phi) is 6.96. The van der Waals surface area contributed by atoms with Crippen LogP contribution in [0.4, 0.5) is 32.0 Å². The number of methoxy groups -OCH3 is 1. The summed E-state index contributed by atoms with van der Waals surface area (Å²) in [6.07, 6.45) is -9.20. The van der Waals surface area contributed by atoms with Gasteiger partial charge in [0.15, 0.2) is 5.69 Å². The number of anilines is 1. The molecule has 0 fully saturated rings. The Morgan fingerprint density at radius 1 is 1.00 bits per heavy atom. The molecule has 0 saturated heterocycles. The molecule has 0 spiro atoms. The number of hydrogen-bond acceptors (Lipinski definition) is 4. The standard InChI is InChI=1S/C21H17F6N3O3/c1-32-8-9-33-16-7-3-5-14(11-16)29-19(31)17-12-28-30(18(17)21(25,26)27)15-6-2-4-13(10-15)20(22,23)24/h2-7,10-12H,8-9H2,1H3,(H,29,31). The van der Waals surface area contributed by atoms with Crippen molar-refractivity contribution in [3.05, 3.63) is 71.5 Å². The van der Waals surface area contributed by atoms with Crippen molar-refractivity contribution in [3.8, 4) is 11.4 Å². The van der Waals surface area contributed by atoms with Crippen molar-refractivity contribution in [1.29, 1.82) is 0 Å². The van der Waals surface area contributed by atoms with Crippen LogP contribution >= 0.6 is 0 Å². The lowest BCUT2D eigenvalue weighted by Gasteiger charge is -2.14. The highest BCUT2D eigenvalue weighted by molar-refractivity contribution is 6.05. The fourth-order valence-electron chi connectivity index (χ4n) is 2.90. The van der Waals surface area contributed by atoms with Crippen LogP contribution in [-0.4, -0.2) is 36.0 Å². The minimum absolute atomic E-state index is 0.148. The molecule has 1 aromatic heterocycles. The molecule has 176 valence electrons. The van der Waals surface area contributed by atoms with E-state index in [1.54, 1.807) is 6.07 Å². The maximum absolute atomic E-state index is 13.8. The minimum atomic E-state index is -5.08. The van der Waals surface area contributed by atoms with Gasteiger partial charge in [0.1, 0.15) is 12.4 Å². The lowest BCUT2D eigenvalue weighted by molar-refractivity contribution is -0.143. The van der Waals surface area contributed by atoms with Crippen LogP contribution in [0.15, 0.2) is 54.7 Å². The number of carbonyl (C=O) groups excluding carboxylic acids is 1. The number of rotatable bonds is 7. The fourth-order valence-corrected chi connectivity index (χ4v) is 2.90. The lowest BCUT2D eigenvalue weighted by atomic mass is 10.1. The van der Waals surface area contributed by atoms with Gasteiger partial charge in [0.25, 0.3) is 5.91 Å². The molecular formula is C21H17F6N3O3. The molecule has 2 aromatic carbocycles. The molecule has 1 N–H and O–H groups in total. The number of carbonyl (C=O) groups is 1. The number of hydrogen-bond donors (Lipinski definition) is 1. The van der Waals surface area contributed by atoms with Crippen molar-refractivity contribution >= 4 is 11.6 Å². The lowest BCUT2D eigenvalue weighted by Crippen LogP contribution is -2.21. The maximum Gasteiger partial charge on any atom is 0.434 e. The van der Waals surface area contributed by atoms with Gasteiger partial charge in [0.2, 0.25) is 0 Å². The van der Waals surface area contributed by atoms with Gasteiger partial charge in [-0.3, -0.25) is 4.79 Å². The molecule has 6 nitrogen and oxygen atoms in total. The SMILES string of the molecule is COCCOc1cccc(NC(=O)c2cnn(-c3cccc(C(F)(F)F)c3)c2C(F)(F)F)c1. The van der Waals surface area contributed by atoms with Crippen molar-refractivity contribution in [3.63, 3.8) is 0 Å². The van der Waals surface area contributed by atoms with Crippen LogP contribution in [0.25, 0.3) is 5.69 Å². The van der Waals surface area contributed by atoms with Gasteiger partial charge in [-0.2, -0.15) is 31.4 Å². The van der Waals surface area contributed by atoms with E-state index in [2.05, 4.69) is 10.4 Å². The summed E-state index contributed by atoms with van der Waals surface area (Å²) < 4.78 is 90.9. The monoisotopic (exact) mass is 473 g/mol. The van der Waals surface area contributed by atoms with Gasteiger partial charge in [-0.25, -0.2) is 4.68 Å². The van der Waals surface area contributed by atoms with Crippen molar-refractivity contribution in [2.45, 2.75) is 12.4 Å². The van der Waals surface area contributed by atoms with Gasteiger partial charge in [-0.15, -0.1) is 0 Å². The van der Waals surface area contributed by atoms with Gasteiger partial charge >= 0.3 is 12.4 Å². The zero-order valence-corrected chi connectivity index (χ0v) is 17.0. The molecule has 0 aliphatic heterocycles. The van der Waals surface area contributed by atoms with Crippen LogP contribution < -0.4 is 10.1 Å². The molecule has 3 rings (SSSR count). The molecule has 1 heterocycles. The first-order valence-electron chi connectivity index (χ1n) is 9.36. The van der Waals surface area contributed by atoms with Gasteiger partial charge in [-0.05, 0) is 30.3 Å². The Bertz CT molecular complexity index is 1120. The highest BCUT2D eigenvalue weighted by Crippen LogP contribution is 2.36. The molecule has 0 aliphatic carbocycles.